The van der Waals surface area contributed by atoms with Crippen molar-refractivity contribution in [2.45, 2.75) is 51.9 Å². The summed E-state index contributed by atoms with van der Waals surface area (Å²) in [5.74, 6) is 0.533. The van der Waals surface area contributed by atoms with Crippen LogP contribution in [-0.4, -0.2) is 45.0 Å². The van der Waals surface area contributed by atoms with Gasteiger partial charge in [-0.25, -0.2) is 19.7 Å². The van der Waals surface area contributed by atoms with Gasteiger partial charge in [-0.05, 0) is 44.5 Å². The molecule has 0 unspecified atom stereocenters. The van der Waals surface area contributed by atoms with Gasteiger partial charge in [-0.15, -0.1) is 11.6 Å². The van der Waals surface area contributed by atoms with Crippen molar-refractivity contribution in [1.82, 2.24) is 28.7 Å². The fourth-order valence-corrected chi connectivity index (χ4v) is 5.24. The van der Waals surface area contributed by atoms with Crippen LogP contribution >= 0.6 is 11.6 Å². The number of hydrogen-bond donors (Lipinski definition) is 2. The molecular formula is C42H43ClN6O5. The minimum Gasteiger partial charge on any atom is -0.429 e. The molecule has 3 aromatic heterocycles. The molecular weight excluding hydrogens is 704 g/mol. The Morgan fingerprint density at radius 3 is 1.06 bits per heavy atom. The molecule has 0 fully saturated rings. The summed E-state index contributed by atoms with van der Waals surface area (Å²) in [4.78, 5) is 23.9. The number of ether oxygens (including phenoxy) is 2. The zero-order valence-electron chi connectivity index (χ0n) is 29.8. The molecule has 7 rings (SSSR count). The number of rotatable bonds is 13. The molecule has 12 heteroatoms. The monoisotopic (exact) mass is 746 g/mol. The second-order valence-corrected chi connectivity index (χ2v) is 12.5. The van der Waals surface area contributed by atoms with Gasteiger partial charge in [-0.1, -0.05) is 97.1 Å². The maximum atomic E-state index is 11.9. The Hall–Kier alpha value is -6.01. The first kappa shape index (κ1) is 39.2. The van der Waals surface area contributed by atoms with E-state index in [4.69, 9.17) is 31.3 Å². The van der Waals surface area contributed by atoms with E-state index in [9.17, 15) is 4.79 Å². The predicted octanol–water partition coefficient (Wildman–Crippen LogP) is 7.37. The van der Waals surface area contributed by atoms with Gasteiger partial charge in [0.1, 0.15) is 13.2 Å². The van der Waals surface area contributed by atoms with Crippen molar-refractivity contribution in [3.8, 4) is 0 Å². The average Bonchev–Trinajstić information content (AvgIpc) is 4.04. The van der Waals surface area contributed by atoms with Gasteiger partial charge in [0.2, 0.25) is 0 Å². The first-order valence-corrected chi connectivity index (χ1v) is 17.8. The predicted molar refractivity (Wildman–Crippen MR) is 206 cm³/mol. The number of hydrogen-bond acceptors (Lipinski definition) is 8. The standard InChI is InChI=1S/C23H22N4O3.C11H12N2O.C8H9ClO/c28-23(29-15-21-5-1-19(2-6-21)13-26-11-9-24-17-26)30-16-22-7-3-20(4-8-22)14-27-12-10-25-18-27;14-8-11-3-1-10(2-4-11)7-13-6-5-12-9-13;9-5-7-1-3-8(6-10)4-2-7/h1-12,17-18H,13-16H2;1-6,9,14H,7-8H2;1-4,10H,5-6H2. The number of halogens is 1. The molecule has 0 bridgehead atoms. The molecule has 0 aliphatic rings. The fourth-order valence-electron chi connectivity index (χ4n) is 5.07. The zero-order valence-corrected chi connectivity index (χ0v) is 30.5. The fraction of sp³-hybridized carbons (Fsp3) is 0.190. The maximum absolute atomic E-state index is 11.9. The summed E-state index contributed by atoms with van der Waals surface area (Å²) < 4.78 is 16.4. The van der Waals surface area contributed by atoms with E-state index >= 15 is 0 Å². The first-order chi connectivity index (χ1) is 26.5. The van der Waals surface area contributed by atoms with Crippen LogP contribution in [0.4, 0.5) is 4.79 Å². The molecule has 7 aromatic rings. The molecule has 54 heavy (non-hydrogen) atoms. The van der Waals surface area contributed by atoms with Crippen LogP contribution in [-0.2, 0) is 61.4 Å². The van der Waals surface area contributed by atoms with E-state index in [0.29, 0.717) is 5.88 Å². The molecule has 11 nitrogen and oxygen atoms in total. The van der Waals surface area contributed by atoms with Crippen LogP contribution in [0, 0.1) is 0 Å². The molecule has 278 valence electrons. The largest absolute Gasteiger partial charge is 0.508 e. The second kappa shape index (κ2) is 21.5. The summed E-state index contributed by atoms with van der Waals surface area (Å²) in [5.41, 5.74) is 8.27. The summed E-state index contributed by atoms with van der Waals surface area (Å²) in [6, 6.07) is 31.3. The summed E-state index contributed by atoms with van der Waals surface area (Å²) >= 11 is 5.56. The third-order valence-electron chi connectivity index (χ3n) is 8.10. The van der Waals surface area contributed by atoms with Crippen LogP contribution in [0.3, 0.4) is 0 Å². The Bertz CT molecular complexity index is 1930. The molecule has 0 spiro atoms. The van der Waals surface area contributed by atoms with Crippen LogP contribution < -0.4 is 0 Å². The van der Waals surface area contributed by atoms with Crippen LogP contribution in [0.2, 0.25) is 0 Å². The molecule has 0 aliphatic heterocycles. The quantitative estimate of drug-likeness (QED) is 0.0925. The van der Waals surface area contributed by atoms with E-state index in [1.54, 1.807) is 37.6 Å². The van der Waals surface area contributed by atoms with Crippen LogP contribution in [0.5, 0.6) is 0 Å². The van der Waals surface area contributed by atoms with Gasteiger partial charge in [0.15, 0.2) is 0 Å². The van der Waals surface area contributed by atoms with Gasteiger partial charge in [-0.2, -0.15) is 0 Å². The summed E-state index contributed by atoms with van der Waals surface area (Å²) in [6.45, 7) is 2.89. The van der Waals surface area contributed by atoms with Gasteiger partial charge in [0.05, 0.1) is 32.2 Å². The number of aliphatic hydroxyl groups excluding tert-OH is 2. The average molecular weight is 747 g/mol. The molecule has 0 radical (unpaired) electrons. The van der Waals surface area contributed by atoms with Crippen molar-refractivity contribution in [2.75, 3.05) is 0 Å². The highest BCUT2D eigenvalue weighted by molar-refractivity contribution is 6.17. The van der Waals surface area contributed by atoms with E-state index in [2.05, 4.69) is 15.0 Å². The molecule has 0 atom stereocenters. The first-order valence-electron chi connectivity index (χ1n) is 17.3. The highest BCUT2D eigenvalue weighted by atomic mass is 35.5. The van der Waals surface area contributed by atoms with Crippen LogP contribution in [0.1, 0.15) is 44.5 Å². The molecule has 0 amide bonds. The molecule has 0 saturated heterocycles. The van der Waals surface area contributed by atoms with Crippen molar-refractivity contribution in [3.63, 3.8) is 0 Å². The molecule has 2 N–H and O–H groups in total. The van der Waals surface area contributed by atoms with Crippen LogP contribution in [0.25, 0.3) is 0 Å². The third-order valence-corrected chi connectivity index (χ3v) is 8.41. The minimum atomic E-state index is -0.681. The van der Waals surface area contributed by atoms with Crippen molar-refractivity contribution in [1.29, 1.82) is 0 Å². The van der Waals surface area contributed by atoms with Crippen molar-refractivity contribution in [3.05, 3.63) is 198 Å². The van der Waals surface area contributed by atoms with Crippen molar-refractivity contribution in [2.24, 2.45) is 0 Å². The minimum absolute atomic E-state index is 0.0998. The van der Waals surface area contributed by atoms with Crippen molar-refractivity contribution >= 4 is 17.8 Å². The van der Waals surface area contributed by atoms with Gasteiger partial charge >= 0.3 is 6.16 Å². The SMILES string of the molecule is O=C(OCc1ccc(Cn2ccnc2)cc1)OCc1ccc(Cn2ccnc2)cc1.OCc1ccc(CCl)cc1.OCc1ccc(Cn2ccnc2)cc1. The van der Waals surface area contributed by atoms with Crippen LogP contribution in [0.15, 0.2) is 153 Å². The van der Waals surface area contributed by atoms with E-state index in [0.717, 1.165) is 58.6 Å². The summed E-state index contributed by atoms with van der Waals surface area (Å²) in [5, 5.41) is 17.5. The lowest BCUT2D eigenvalue weighted by atomic mass is 10.1. The van der Waals surface area contributed by atoms with Gasteiger partial charge in [-0.3, -0.25) is 0 Å². The summed E-state index contributed by atoms with van der Waals surface area (Å²) in [7, 11) is 0. The Labute approximate surface area is 319 Å². The number of carbonyl (C=O) groups excluding carboxylic acids is 1. The molecule has 4 aromatic carbocycles. The van der Waals surface area contributed by atoms with Crippen molar-refractivity contribution < 1.29 is 24.5 Å². The topological polar surface area (TPSA) is 129 Å². The van der Waals surface area contributed by atoms with Gasteiger partial charge in [0, 0.05) is 62.7 Å². The zero-order chi connectivity index (χ0) is 37.8. The number of alkyl halides is 1. The Balaban J connectivity index is 0.000000191. The normalized spacial score (nSPS) is 10.4. The highest BCUT2D eigenvalue weighted by Gasteiger charge is 2.06. The van der Waals surface area contributed by atoms with Gasteiger partial charge < -0.3 is 33.4 Å². The Kier molecular flexibility index (Phi) is 15.6. The Morgan fingerprint density at radius 2 is 0.778 bits per heavy atom. The number of imidazole rings is 3. The smallest absolute Gasteiger partial charge is 0.429 e. The maximum Gasteiger partial charge on any atom is 0.508 e. The third kappa shape index (κ3) is 13.5. The van der Waals surface area contributed by atoms with E-state index in [1.165, 1.54) is 5.56 Å². The highest BCUT2D eigenvalue weighted by Crippen LogP contribution is 2.11. The van der Waals surface area contributed by atoms with E-state index in [-0.39, 0.29) is 26.4 Å². The number of benzene rings is 4. The molecule has 0 aliphatic carbocycles. The van der Waals surface area contributed by atoms with Gasteiger partial charge in [0.25, 0.3) is 0 Å². The van der Waals surface area contributed by atoms with E-state index < -0.39 is 6.16 Å². The molecule has 0 saturated carbocycles. The number of aliphatic hydroxyl groups is 2. The number of carbonyl (C=O) groups is 1. The second-order valence-electron chi connectivity index (χ2n) is 12.2. The lowest BCUT2D eigenvalue weighted by molar-refractivity contribution is 0.0446. The number of aromatic nitrogens is 6. The molecule has 3 heterocycles. The lowest BCUT2D eigenvalue weighted by Crippen LogP contribution is -2.07. The summed E-state index contributed by atoms with van der Waals surface area (Å²) in [6.07, 6.45) is 15.7. The Morgan fingerprint density at radius 1 is 0.481 bits per heavy atom. The number of nitrogens with zero attached hydrogens (tertiary/aromatic N) is 6. The van der Waals surface area contributed by atoms with E-state index in [1.807, 2.05) is 129 Å². The lowest BCUT2D eigenvalue weighted by Gasteiger charge is -2.08.